The third kappa shape index (κ3) is 3.52. The van der Waals surface area contributed by atoms with Crippen LogP contribution in [-0.4, -0.2) is 22.0 Å². The summed E-state index contributed by atoms with van der Waals surface area (Å²) in [4.78, 5) is 26.0. The monoisotopic (exact) mass is 298 g/mol. The van der Waals surface area contributed by atoms with Crippen molar-refractivity contribution in [1.29, 1.82) is 0 Å². The predicted molar refractivity (Wildman–Crippen MR) is 72.0 cm³/mol. The number of thiazole rings is 1. The number of anilines is 1. The zero-order valence-electron chi connectivity index (χ0n) is 9.87. The Labute approximate surface area is 116 Å². The van der Waals surface area contributed by atoms with Gasteiger partial charge in [0.15, 0.2) is 10.0 Å². The molecule has 0 aliphatic carbocycles. The number of hydrogen-bond acceptors (Lipinski definition) is 6. The van der Waals surface area contributed by atoms with E-state index < -0.39 is 5.97 Å². The molecular weight excluding hydrogens is 288 g/mol. The van der Waals surface area contributed by atoms with E-state index in [0.29, 0.717) is 16.6 Å². The highest BCUT2D eigenvalue weighted by molar-refractivity contribution is 7.14. The average Bonchev–Trinajstić information content (AvgIpc) is 2.93. The van der Waals surface area contributed by atoms with E-state index in [1.807, 2.05) is 0 Å². The summed E-state index contributed by atoms with van der Waals surface area (Å²) < 4.78 is 5.40. The molecule has 0 aliphatic heterocycles. The highest BCUT2D eigenvalue weighted by atomic mass is 32.1. The first kappa shape index (κ1) is 13.5. The fourth-order valence-electron chi connectivity index (χ4n) is 1.30. The van der Waals surface area contributed by atoms with Gasteiger partial charge in [0, 0.05) is 12.3 Å². The molecule has 2 aromatic rings. The van der Waals surface area contributed by atoms with Gasteiger partial charge in [0.25, 0.3) is 0 Å². The Morgan fingerprint density at radius 2 is 2.26 bits per heavy atom. The Hall–Kier alpha value is -1.93. The maximum atomic E-state index is 10.9. The number of nitrogens with zero attached hydrogens (tertiary/aromatic N) is 1. The molecule has 2 heterocycles. The molecule has 2 rings (SSSR count). The quantitative estimate of drug-likeness (QED) is 0.885. The van der Waals surface area contributed by atoms with Gasteiger partial charge in [-0.2, -0.15) is 0 Å². The Morgan fingerprint density at radius 1 is 1.47 bits per heavy atom. The van der Waals surface area contributed by atoms with Crippen molar-refractivity contribution in [2.45, 2.75) is 13.5 Å². The number of ether oxygens (including phenoxy) is 1. The second-order valence-corrected chi connectivity index (χ2v) is 5.31. The Bertz CT molecular complexity index is 605. The van der Waals surface area contributed by atoms with Gasteiger partial charge in [-0.3, -0.25) is 4.79 Å². The molecule has 19 heavy (non-hydrogen) atoms. The lowest BCUT2D eigenvalue weighted by Gasteiger charge is -2.02. The Morgan fingerprint density at radius 3 is 2.95 bits per heavy atom. The van der Waals surface area contributed by atoms with E-state index in [-0.39, 0.29) is 17.4 Å². The van der Waals surface area contributed by atoms with E-state index in [1.54, 1.807) is 16.8 Å². The van der Waals surface area contributed by atoms with Crippen molar-refractivity contribution in [3.05, 3.63) is 27.4 Å². The number of hydrogen-bond donors (Lipinski definition) is 2. The lowest BCUT2D eigenvalue weighted by Crippen LogP contribution is -2.05. The van der Waals surface area contributed by atoms with Crippen molar-refractivity contribution in [3.63, 3.8) is 0 Å². The number of thiophene rings is 1. The largest absolute Gasteiger partial charge is 0.485 e. The van der Waals surface area contributed by atoms with Gasteiger partial charge in [0.1, 0.15) is 12.4 Å². The second-order valence-electron chi connectivity index (χ2n) is 3.53. The molecule has 6 nitrogen and oxygen atoms in total. The number of rotatable bonds is 5. The summed E-state index contributed by atoms with van der Waals surface area (Å²) in [6.07, 6.45) is 0. The van der Waals surface area contributed by atoms with Crippen LogP contribution in [0, 0.1) is 0 Å². The van der Waals surface area contributed by atoms with E-state index >= 15 is 0 Å². The first-order valence-corrected chi connectivity index (χ1v) is 6.98. The third-order valence-corrected chi connectivity index (χ3v) is 3.72. The van der Waals surface area contributed by atoms with E-state index in [2.05, 4.69) is 10.3 Å². The first-order chi connectivity index (χ1) is 9.06. The van der Waals surface area contributed by atoms with Crippen molar-refractivity contribution in [1.82, 2.24) is 4.98 Å². The van der Waals surface area contributed by atoms with Crippen molar-refractivity contribution in [3.8, 4) is 5.75 Å². The van der Waals surface area contributed by atoms with E-state index in [9.17, 15) is 9.59 Å². The molecule has 0 aliphatic rings. The summed E-state index contributed by atoms with van der Waals surface area (Å²) in [7, 11) is 0. The molecule has 2 N–H and O–H groups in total. The van der Waals surface area contributed by atoms with Crippen molar-refractivity contribution < 1.29 is 19.4 Å². The van der Waals surface area contributed by atoms with E-state index in [4.69, 9.17) is 9.84 Å². The molecule has 0 atom stereocenters. The van der Waals surface area contributed by atoms with Crippen LogP contribution in [0.1, 0.15) is 22.3 Å². The summed E-state index contributed by atoms with van der Waals surface area (Å²) in [6, 6.07) is 1.61. The fourth-order valence-corrected chi connectivity index (χ4v) is 2.71. The number of carboxylic acid groups (broad SMARTS) is 1. The van der Waals surface area contributed by atoms with Crippen LogP contribution in [0.3, 0.4) is 0 Å². The highest BCUT2D eigenvalue weighted by Gasteiger charge is 2.13. The number of amides is 1. The second kappa shape index (κ2) is 5.81. The summed E-state index contributed by atoms with van der Waals surface area (Å²) in [5.74, 6) is -0.874. The van der Waals surface area contributed by atoms with Crippen LogP contribution in [0.5, 0.6) is 5.75 Å². The molecule has 100 valence electrons. The molecule has 0 fully saturated rings. The topological polar surface area (TPSA) is 88.5 Å². The number of aromatic nitrogens is 1. The van der Waals surface area contributed by atoms with Crippen molar-refractivity contribution >= 4 is 39.7 Å². The molecular formula is C11H10N2O4S2. The molecule has 0 saturated heterocycles. The number of carboxylic acids is 1. The van der Waals surface area contributed by atoms with Gasteiger partial charge < -0.3 is 15.2 Å². The molecule has 0 bridgehead atoms. The van der Waals surface area contributed by atoms with Gasteiger partial charge in [-0.25, -0.2) is 9.78 Å². The number of carbonyl (C=O) groups is 2. The molecule has 8 heteroatoms. The fraction of sp³-hybridized carbons (Fsp3) is 0.182. The third-order valence-electron chi connectivity index (χ3n) is 2.03. The minimum atomic E-state index is -1.01. The van der Waals surface area contributed by atoms with Crippen LogP contribution < -0.4 is 10.1 Å². The SMILES string of the molecule is CC(=O)Nc1nc(COc2ccsc2C(=O)O)cs1. The Balaban J connectivity index is 1.98. The molecule has 0 unspecified atom stereocenters. The molecule has 0 aromatic carbocycles. The molecule has 0 radical (unpaired) electrons. The molecule has 1 amide bonds. The van der Waals surface area contributed by atoms with Gasteiger partial charge in [-0.1, -0.05) is 0 Å². The smallest absolute Gasteiger partial charge is 0.349 e. The van der Waals surface area contributed by atoms with Crippen LogP contribution in [0.25, 0.3) is 0 Å². The first-order valence-electron chi connectivity index (χ1n) is 5.22. The zero-order chi connectivity index (χ0) is 13.8. The van der Waals surface area contributed by atoms with Gasteiger partial charge in [0.05, 0.1) is 5.69 Å². The minimum Gasteiger partial charge on any atom is -0.485 e. The molecule has 2 aromatic heterocycles. The number of carbonyl (C=O) groups excluding carboxylic acids is 1. The molecule has 0 saturated carbocycles. The maximum Gasteiger partial charge on any atom is 0.349 e. The van der Waals surface area contributed by atoms with Crippen LogP contribution in [0.4, 0.5) is 5.13 Å². The van der Waals surface area contributed by atoms with Crippen LogP contribution >= 0.6 is 22.7 Å². The van der Waals surface area contributed by atoms with Crippen LogP contribution in [-0.2, 0) is 11.4 Å². The van der Waals surface area contributed by atoms with Crippen LogP contribution in [0.2, 0.25) is 0 Å². The highest BCUT2D eigenvalue weighted by Crippen LogP contribution is 2.26. The lowest BCUT2D eigenvalue weighted by atomic mass is 10.4. The van der Waals surface area contributed by atoms with Crippen molar-refractivity contribution in [2.24, 2.45) is 0 Å². The summed E-state index contributed by atoms with van der Waals surface area (Å²) in [6.45, 7) is 1.56. The standard InChI is InChI=1S/C11H10N2O4S2/c1-6(14)12-11-13-7(5-19-11)4-17-8-2-3-18-9(8)10(15)16/h2-3,5H,4H2,1H3,(H,15,16)(H,12,13,14). The Kier molecular flexibility index (Phi) is 4.13. The normalized spacial score (nSPS) is 10.2. The molecule has 0 spiro atoms. The van der Waals surface area contributed by atoms with Gasteiger partial charge in [-0.05, 0) is 11.4 Å². The van der Waals surface area contributed by atoms with Gasteiger partial charge in [-0.15, -0.1) is 22.7 Å². The van der Waals surface area contributed by atoms with Crippen LogP contribution in [0.15, 0.2) is 16.8 Å². The van der Waals surface area contributed by atoms with E-state index in [0.717, 1.165) is 11.3 Å². The summed E-state index contributed by atoms with van der Waals surface area (Å²) >= 11 is 2.40. The number of aromatic carboxylic acids is 1. The zero-order valence-corrected chi connectivity index (χ0v) is 11.5. The van der Waals surface area contributed by atoms with E-state index in [1.165, 1.54) is 18.3 Å². The average molecular weight is 298 g/mol. The predicted octanol–water partition coefficient (Wildman–Crippen LogP) is 2.44. The van der Waals surface area contributed by atoms with Crippen molar-refractivity contribution in [2.75, 3.05) is 5.32 Å². The number of nitrogens with one attached hydrogen (secondary N) is 1. The van der Waals surface area contributed by atoms with Gasteiger partial charge in [0.2, 0.25) is 5.91 Å². The van der Waals surface area contributed by atoms with Gasteiger partial charge >= 0.3 is 5.97 Å². The summed E-state index contributed by atoms with van der Waals surface area (Å²) in [5.41, 5.74) is 0.635. The minimum absolute atomic E-state index is 0.160. The lowest BCUT2D eigenvalue weighted by molar-refractivity contribution is -0.114. The summed E-state index contributed by atoms with van der Waals surface area (Å²) in [5, 5.41) is 15.4. The maximum absolute atomic E-state index is 10.9.